The van der Waals surface area contributed by atoms with Crippen LogP contribution in [-0.2, 0) is 19.1 Å². The topological polar surface area (TPSA) is 116 Å². The second-order valence-corrected chi connectivity index (χ2v) is 17.0. The molecule has 0 spiro atoms. The van der Waals surface area contributed by atoms with Gasteiger partial charge in [0.05, 0.1) is 0 Å². The number of carbonyl (C=O) groups excluding carboxylic acids is 1. The molecule has 8 nitrogen and oxygen atoms in total. The van der Waals surface area contributed by atoms with Crippen LogP contribution >= 0.6 is 0 Å². The van der Waals surface area contributed by atoms with Crippen molar-refractivity contribution in [1.29, 1.82) is 0 Å². The second kappa shape index (κ2) is 55.3. The van der Waals surface area contributed by atoms with Crippen molar-refractivity contribution in [2.24, 2.45) is 5.92 Å². The molecule has 0 aromatic heterocycles. The molecule has 1 atom stereocenters. The molecule has 0 amide bonds. The normalized spacial score (nSPS) is 11.5. The van der Waals surface area contributed by atoms with Crippen LogP contribution in [0.1, 0.15) is 259 Å². The van der Waals surface area contributed by atoms with E-state index in [0.717, 1.165) is 44.6 Å². The van der Waals surface area contributed by atoms with Crippen molar-refractivity contribution in [3.05, 3.63) is 0 Å². The first-order valence-electron chi connectivity index (χ1n) is 25.2. The van der Waals surface area contributed by atoms with E-state index in [2.05, 4.69) is 45.0 Å². The van der Waals surface area contributed by atoms with Crippen molar-refractivity contribution in [2.45, 2.75) is 265 Å². The summed E-state index contributed by atoms with van der Waals surface area (Å²) in [6.45, 7) is 13.5. The maximum Gasteiger partial charge on any atom is 0.306 e. The fourth-order valence-corrected chi connectivity index (χ4v) is 8.09. The summed E-state index contributed by atoms with van der Waals surface area (Å²) in [4.78, 5) is 32.0. The number of carbonyl (C=O) groups is 3. The van der Waals surface area contributed by atoms with E-state index in [4.69, 9.17) is 24.5 Å². The highest BCUT2D eigenvalue weighted by Crippen LogP contribution is 2.25. The van der Waals surface area contributed by atoms with Crippen molar-refractivity contribution in [1.82, 2.24) is 10.2 Å². The van der Waals surface area contributed by atoms with Crippen LogP contribution < -0.4 is 5.32 Å². The summed E-state index contributed by atoms with van der Waals surface area (Å²) in [7, 11) is 2.07. The highest BCUT2D eigenvalue weighted by atomic mass is 16.5. The lowest BCUT2D eigenvalue weighted by Gasteiger charge is -2.22. The van der Waals surface area contributed by atoms with Crippen LogP contribution in [-0.4, -0.2) is 73.4 Å². The molecular weight excluding hydrogens is 725 g/mol. The van der Waals surface area contributed by atoms with Gasteiger partial charge >= 0.3 is 5.97 Å². The SMILES string of the molecule is CCCCCCCCC(CCCCCCCC)CCCCCCCN(CCCCCCCC(=O)OC(CCC)CCCCCCCC)CCCNC.O=CO.O=CO. The summed E-state index contributed by atoms with van der Waals surface area (Å²) in [5.74, 6) is 1.04. The van der Waals surface area contributed by atoms with E-state index in [1.807, 2.05) is 0 Å². The van der Waals surface area contributed by atoms with E-state index in [-0.39, 0.29) is 25.0 Å². The van der Waals surface area contributed by atoms with Gasteiger partial charge in [-0.3, -0.25) is 14.4 Å². The van der Waals surface area contributed by atoms with E-state index >= 15 is 0 Å². The van der Waals surface area contributed by atoms with Crippen molar-refractivity contribution in [3.8, 4) is 0 Å². The number of esters is 1. The van der Waals surface area contributed by atoms with Crippen LogP contribution in [0.15, 0.2) is 0 Å². The van der Waals surface area contributed by atoms with Crippen LogP contribution in [0, 0.1) is 5.92 Å². The number of rotatable bonds is 44. The molecule has 3 N–H and O–H groups in total. The summed E-state index contributed by atoms with van der Waals surface area (Å²) >= 11 is 0. The predicted octanol–water partition coefficient (Wildman–Crippen LogP) is 14.6. The van der Waals surface area contributed by atoms with E-state index < -0.39 is 0 Å². The Hall–Kier alpha value is -1.67. The zero-order valence-electron chi connectivity index (χ0n) is 39.6. The number of hydrogen-bond donors (Lipinski definition) is 3. The van der Waals surface area contributed by atoms with Gasteiger partial charge in [-0.15, -0.1) is 0 Å². The maximum absolute atomic E-state index is 12.5. The van der Waals surface area contributed by atoms with Gasteiger partial charge in [-0.2, -0.15) is 0 Å². The van der Waals surface area contributed by atoms with Crippen molar-refractivity contribution < 1.29 is 29.3 Å². The summed E-state index contributed by atoms with van der Waals surface area (Å²) in [6, 6.07) is 0. The third kappa shape index (κ3) is 52.3. The molecule has 0 aromatic rings. The maximum atomic E-state index is 12.5. The van der Waals surface area contributed by atoms with Crippen LogP contribution in [0.3, 0.4) is 0 Å². The quantitative estimate of drug-likeness (QED) is 0.0316. The molecule has 0 aromatic carbocycles. The Bertz CT molecular complexity index is 763. The molecule has 348 valence electrons. The van der Waals surface area contributed by atoms with Gasteiger partial charge in [-0.1, -0.05) is 207 Å². The summed E-state index contributed by atoms with van der Waals surface area (Å²) in [5.41, 5.74) is 0. The highest BCUT2D eigenvalue weighted by Gasteiger charge is 2.14. The summed E-state index contributed by atoms with van der Waals surface area (Å²) in [6.07, 6.45) is 47.7. The molecule has 0 fully saturated rings. The molecular formula is C50H102N2O6. The lowest BCUT2D eigenvalue weighted by Crippen LogP contribution is -2.29. The second-order valence-electron chi connectivity index (χ2n) is 17.0. The van der Waals surface area contributed by atoms with Crippen LogP contribution in [0.25, 0.3) is 0 Å². The van der Waals surface area contributed by atoms with Gasteiger partial charge in [0, 0.05) is 6.42 Å². The first-order valence-corrected chi connectivity index (χ1v) is 25.2. The van der Waals surface area contributed by atoms with Crippen molar-refractivity contribution >= 4 is 18.9 Å². The molecule has 0 aliphatic rings. The fourth-order valence-electron chi connectivity index (χ4n) is 8.09. The Morgan fingerprint density at radius 2 is 0.828 bits per heavy atom. The molecule has 0 aliphatic heterocycles. The fraction of sp³-hybridized carbons (Fsp3) is 0.940. The molecule has 0 saturated carbocycles. The average Bonchev–Trinajstić information content (AvgIpc) is 3.21. The number of ether oxygens (including phenoxy) is 1. The monoisotopic (exact) mass is 827 g/mol. The lowest BCUT2D eigenvalue weighted by molar-refractivity contribution is -0.150. The standard InChI is InChI=1S/C48H98N2O2.2CH2O2/c1-6-10-13-16-21-28-37-46(38-29-22-17-14-11-7-2)39-30-23-19-26-33-43-50(45-35-42-49-5)44-34-27-20-25-32-41-48(51)52-47(36-9-4)40-31-24-18-15-12-8-3;2*2-1-3/h46-47,49H,6-45H2,1-5H3;2*1H,(H,2,3). The molecule has 0 bridgehead atoms. The lowest BCUT2D eigenvalue weighted by atomic mass is 9.89. The number of hydrogen-bond acceptors (Lipinski definition) is 6. The predicted molar refractivity (Wildman–Crippen MR) is 250 cm³/mol. The molecule has 0 aliphatic carbocycles. The number of nitrogens with zero attached hydrogens (tertiary/aromatic N) is 1. The van der Waals surface area contributed by atoms with E-state index in [0.29, 0.717) is 6.42 Å². The zero-order valence-corrected chi connectivity index (χ0v) is 39.6. The van der Waals surface area contributed by atoms with Gasteiger partial charge < -0.3 is 25.2 Å². The minimum absolute atomic E-state index is 0.0429. The van der Waals surface area contributed by atoms with Gasteiger partial charge in [0.15, 0.2) is 0 Å². The van der Waals surface area contributed by atoms with Gasteiger partial charge in [-0.25, -0.2) is 0 Å². The third-order valence-corrected chi connectivity index (χ3v) is 11.6. The number of unbranched alkanes of at least 4 members (excludes halogenated alkanes) is 23. The van der Waals surface area contributed by atoms with Gasteiger partial charge in [0.25, 0.3) is 12.9 Å². The Morgan fingerprint density at radius 1 is 0.483 bits per heavy atom. The van der Waals surface area contributed by atoms with Gasteiger partial charge in [0.2, 0.25) is 0 Å². The van der Waals surface area contributed by atoms with Crippen molar-refractivity contribution in [3.63, 3.8) is 0 Å². The summed E-state index contributed by atoms with van der Waals surface area (Å²) < 4.78 is 5.91. The molecule has 58 heavy (non-hydrogen) atoms. The van der Waals surface area contributed by atoms with Crippen LogP contribution in [0.2, 0.25) is 0 Å². The minimum Gasteiger partial charge on any atom is -0.483 e. The minimum atomic E-state index is -0.250. The average molecular weight is 827 g/mol. The molecule has 8 heteroatoms. The molecule has 0 heterocycles. The largest absolute Gasteiger partial charge is 0.483 e. The Kier molecular flexibility index (Phi) is 57.8. The Morgan fingerprint density at radius 3 is 1.22 bits per heavy atom. The van der Waals surface area contributed by atoms with E-state index in [1.54, 1.807) is 0 Å². The van der Waals surface area contributed by atoms with E-state index in [9.17, 15) is 4.79 Å². The Labute approximate surface area is 361 Å². The molecule has 0 radical (unpaired) electrons. The first kappa shape index (κ1) is 60.6. The van der Waals surface area contributed by atoms with E-state index in [1.165, 1.54) is 212 Å². The van der Waals surface area contributed by atoms with Gasteiger partial charge in [-0.05, 0) is 84.1 Å². The highest BCUT2D eigenvalue weighted by molar-refractivity contribution is 5.69. The smallest absolute Gasteiger partial charge is 0.306 e. The third-order valence-electron chi connectivity index (χ3n) is 11.6. The molecule has 1 unspecified atom stereocenters. The zero-order chi connectivity index (χ0) is 43.4. The first-order chi connectivity index (χ1) is 28.4. The summed E-state index contributed by atoms with van der Waals surface area (Å²) in [5, 5.41) is 17.1. The van der Waals surface area contributed by atoms with Crippen molar-refractivity contribution in [2.75, 3.05) is 33.2 Å². The van der Waals surface area contributed by atoms with Crippen LogP contribution in [0.4, 0.5) is 0 Å². The molecule has 0 rings (SSSR count). The molecule has 0 saturated heterocycles. The number of carboxylic acid groups (broad SMARTS) is 2. The Balaban J connectivity index is -0.00000471. The van der Waals surface area contributed by atoms with Crippen LogP contribution in [0.5, 0.6) is 0 Å². The number of nitrogens with one attached hydrogen (secondary N) is 1. The van der Waals surface area contributed by atoms with Gasteiger partial charge in [0.1, 0.15) is 6.10 Å².